The van der Waals surface area contributed by atoms with Gasteiger partial charge >= 0.3 is 0 Å². The Balaban J connectivity index is 1.77. The maximum atomic E-state index is 2.57. The first kappa shape index (κ1) is 14.5. The number of para-hydroxylation sites is 1. The number of aromatic nitrogens is 1. The van der Waals surface area contributed by atoms with Crippen molar-refractivity contribution in [2.24, 2.45) is 0 Å². The molecule has 0 N–H and O–H groups in total. The summed E-state index contributed by atoms with van der Waals surface area (Å²) in [5.41, 5.74) is 5.91. The van der Waals surface area contributed by atoms with Gasteiger partial charge in [-0.25, -0.2) is 0 Å². The quantitative estimate of drug-likeness (QED) is 0.695. The van der Waals surface area contributed by atoms with Crippen LogP contribution in [0.3, 0.4) is 0 Å². The molecule has 1 unspecified atom stereocenters. The number of hydrogen-bond donors (Lipinski definition) is 0. The monoisotopic (exact) mass is 304 g/mol. The van der Waals surface area contributed by atoms with E-state index in [2.05, 4.69) is 78.0 Å². The summed E-state index contributed by atoms with van der Waals surface area (Å²) in [5, 5.41) is 1.44. The van der Waals surface area contributed by atoms with Crippen LogP contribution in [0, 0.1) is 0 Å². The molecule has 118 valence electrons. The minimum absolute atomic E-state index is 0.502. The summed E-state index contributed by atoms with van der Waals surface area (Å²) < 4.78 is 2.57. The first-order valence-electron chi connectivity index (χ1n) is 8.60. The van der Waals surface area contributed by atoms with Crippen molar-refractivity contribution in [1.82, 2.24) is 9.47 Å². The molecular formula is C21H24N2. The Bertz CT molecular complexity index is 816. The highest BCUT2D eigenvalue weighted by Crippen LogP contribution is 2.36. The second kappa shape index (κ2) is 5.86. The van der Waals surface area contributed by atoms with Crippen molar-refractivity contribution in [2.45, 2.75) is 32.4 Å². The molecule has 2 nitrogen and oxygen atoms in total. The number of fused-ring (bicyclic) bond motifs is 3. The van der Waals surface area contributed by atoms with Gasteiger partial charge in [-0.1, -0.05) is 48.5 Å². The highest BCUT2D eigenvalue weighted by Gasteiger charge is 2.27. The minimum atomic E-state index is 0.502. The van der Waals surface area contributed by atoms with Crippen LogP contribution < -0.4 is 0 Å². The largest absolute Gasteiger partial charge is 0.344 e. The number of nitrogens with zero attached hydrogens (tertiary/aromatic N) is 2. The Morgan fingerprint density at radius 3 is 2.57 bits per heavy atom. The van der Waals surface area contributed by atoms with E-state index in [0.717, 1.165) is 25.9 Å². The van der Waals surface area contributed by atoms with Crippen LogP contribution in [0.15, 0.2) is 54.6 Å². The molecule has 2 heteroatoms. The molecule has 0 spiro atoms. The number of aryl methyl sites for hydroxylation is 2. The van der Waals surface area contributed by atoms with Crippen LogP contribution in [0.25, 0.3) is 10.9 Å². The fourth-order valence-corrected chi connectivity index (χ4v) is 3.96. The van der Waals surface area contributed by atoms with E-state index >= 15 is 0 Å². The maximum absolute atomic E-state index is 2.57. The van der Waals surface area contributed by atoms with E-state index in [9.17, 15) is 0 Å². The second-order valence-corrected chi connectivity index (χ2v) is 6.67. The zero-order valence-corrected chi connectivity index (χ0v) is 14.0. The van der Waals surface area contributed by atoms with Gasteiger partial charge in [-0.05, 0) is 37.6 Å². The topological polar surface area (TPSA) is 8.17 Å². The van der Waals surface area contributed by atoms with E-state index in [1.54, 1.807) is 11.3 Å². The zero-order valence-electron chi connectivity index (χ0n) is 14.0. The summed E-state index contributed by atoms with van der Waals surface area (Å²) in [6.45, 7) is 4.55. The highest BCUT2D eigenvalue weighted by molar-refractivity contribution is 5.86. The average Bonchev–Trinajstić information content (AvgIpc) is 2.91. The summed E-state index contributed by atoms with van der Waals surface area (Å²) in [6.07, 6.45) is 2.25. The van der Waals surface area contributed by atoms with Crippen molar-refractivity contribution in [3.05, 3.63) is 71.4 Å². The SMILES string of the molecule is CC1c2c(n(CCc3ccccc3)c3ccccc23)CCN1C. The molecule has 1 aromatic heterocycles. The summed E-state index contributed by atoms with van der Waals surface area (Å²) >= 11 is 0. The van der Waals surface area contributed by atoms with Gasteiger partial charge in [0.25, 0.3) is 0 Å². The molecule has 0 aliphatic carbocycles. The summed E-state index contributed by atoms with van der Waals surface area (Å²) in [7, 11) is 2.24. The van der Waals surface area contributed by atoms with Crippen molar-refractivity contribution in [2.75, 3.05) is 13.6 Å². The van der Waals surface area contributed by atoms with Gasteiger partial charge in [-0.15, -0.1) is 0 Å². The van der Waals surface area contributed by atoms with Gasteiger partial charge in [0, 0.05) is 42.1 Å². The zero-order chi connectivity index (χ0) is 15.8. The van der Waals surface area contributed by atoms with Crippen molar-refractivity contribution >= 4 is 10.9 Å². The third-order valence-corrected chi connectivity index (χ3v) is 5.37. The van der Waals surface area contributed by atoms with Gasteiger partial charge in [0.15, 0.2) is 0 Å². The third-order valence-electron chi connectivity index (χ3n) is 5.37. The molecule has 0 fully saturated rings. The first-order chi connectivity index (χ1) is 11.3. The molecule has 0 saturated heterocycles. The van der Waals surface area contributed by atoms with Crippen molar-refractivity contribution in [3.8, 4) is 0 Å². The van der Waals surface area contributed by atoms with Gasteiger partial charge in [-0.3, -0.25) is 4.90 Å². The predicted molar refractivity (Wildman–Crippen MR) is 96.8 cm³/mol. The van der Waals surface area contributed by atoms with Gasteiger partial charge in [0.1, 0.15) is 0 Å². The fourth-order valence-electron chi connectivity index (χ4n) is 3.96. The van der Waals surface area contributed by atoms with Gasteiger partial charge < -0.3 is 4.57 Å². The van der Waals surface area contributed by atoms with Crippen LogP contribution >= 0.6 is 0 Å². The molecule has 0 radical (unpaired) electrons. The van der Waals surface area contributed by atoms with Crippen molar-refractivity contribution in [3.63, 3.8) is 0 Å². The van der Waals surface area contributed by atoms with Gasteiger partial charge in [0.05, 0.1) is 0 Å². The van der Waals surface area contributed by atoms with Crippen LogP contribution in [-0.2, 0) is 19.4 Å². The lowest BCUT2D eigenvalue weighted by Gasteiger charge is -2.31. The molecule has 4 rings (SSSR count). The first-order valence-corrected chi connectivity index (χ1v) is 8.60. The molecule has 3 aromatic rings. The molecule has 1 atom stereocenters. The summed E-state index contributed by atoms with van der Waals surface area (Å²) in [6, 6.07) is 20.2. The molecule has 23 heavy (non-hydrogen) atoms. The van der Waals surface area contributed by atoms with E-state index in [4.69, 9.17) is 0 Å². The molecule has 0 saturated carbocycles. The summed E-state index contributed by atoms with van der Waals surface area (Å²) in [4.78, 5) is 2.47. The van der Waals surface area contributed by atoms with Crippen LogP contribution in [0.1, 0.15) is 29.8 Å². The Hall–Kier alpha value is -2.06. The lowest BCUT2D eigenvalue weighted by Crippen LogP contribution is -2.31. The van der Waals surface area contributed by atoms with Crippen LogP contribution in [-0.4, -0.2) is 23.1 Å². The van der Waals surface area contributed by atoms with Gasteiger partial charge in [0.2, 0.25) is 0 Å². The Morgan fingerprint density at radius 1 is 1.00 bits per heavy atom. The smallest absolute Gasteiger partial charge is 0.0486 e. The molecule has 1 aliphatic rings. The Kier molecular flexibility index (Phi) is 3.70. The van der Waals surface area contributed by atoms with Crippen molar-refractivity contribution < 1.29 is 0 Å². The van der Waals surface area contributed by atoms with Crippen LogP contribution in [0.2, 0.25) is 0 Å². The predicted octanol–water partition coefficient (Wildman–Crippen LogP) is 4.43. The standard InChI is InChI=1S/C21H24N2/c1-16-21-18-10-6-7-11-19(18)23(20(21)13-14-22(16)2)15-12-17-8-4-3-5-9-17/h3-11,16H,12-15H2,1-2H3. The normalized spacial score (nSPS) is 18.3. The van der Waals surface area contributed by atoms with Crippen molar-refractivity contribution in [1.29, 1.82) is 0 Å². The molecular weight excluding hydrogens is 280 g/mol. The molecule has 2 heterocycles. The fraction of sp³-hybridized carbons (Fsp3) is 0.333. The van der Waals surface area contributed by atoms with E-state index in [-0.39, 0.29) is 0 Å². The van der Waals surface area contributed by atoms with E-state index in [0.29, 0.717) is 6.04 Å². The lowest BCUT2D eigenvalue weighted by molar-refractivity contribution is 0.245. The Morgan fingerprint density at radius 2 is 1.74 bits per heavy atom. The maximum Gasteiger partial charge on any atom is 0.0486 e. The number of benzene rings is 2. The third kappa shape index (κ3) is 2.47. The van der Waals surface area contributed by atoms with Crippen LogP contribution in [0.4, 0.5) is 0 Å². The molecule has 0 amide bonds. The lowest BCUT2D eigenvalue weighted by atomic mass is 9.97. The summed E-state index contributed by atoms with van der Waals surface area (Å²) in [5.74, 6) is 0. The van der Waals surface area contributed by atoms with E-state index < -0.39 is 0 Å². The number of rotatable bonds is 3. The van der Waals surface area contributed by atoms with E-state index in [1.165, 1.54) is 16.5 Å². The number of hydrogen-bond acceptors (Lipinski definition) is 1. The Labute approximate surface area is 138 Å². The minimum Gasteiger partial charge on any atom is -0.344 e. The van der Waals surface area contributed by atoms with Crippen LogP contribution in [0.5, 0.6) is 0 Å². The molecule has 0 bridgehead atoms. The molecule has 1 aliphatic heterocycles. The second-order valence-electron chi connectivity index (χ2n) is 6.67. The number of likely N-dealkylation sites (N-methyl/N-ethyl adjacent to an activating group) is 1. The van der Waals surface area contributed by atoms with E-state index in [1.807, 2.05) is 0 Å². The van der Waals surface area contributed by atoms with Gasteiger partial charge in [-0.2, -0.15) is 0 Å². The molecule has 2 aromatic carbocycles. The highest BCUT2D eigenvalue weighted by atomic mass is 15.1. The average molecular weight is 304 g/mol.